The third kappa shape index (κ3) is 3.31. The molecule has 2 unspecified atom stereocenters. The van der Waals surface area contributed by atoms with Gasteiger partial charge in [0.25, 0.3) is 0 Å². The number of nitrogens with zero attached hydrogens (tertiary/aromatic N) is 3. The van der Waals surface area contributed by atoms with E-state index in [0.717, 1.165) is 37.4 Å². The zero-order chi connectivity index (χ0) is 14.5. The highest BCUT2D eigenvalue weighted by molar-refractivity contribution is 5.32. The molecule has 1 saturated heterocycles. The Morgan fingerprint density at radius 2 is 2.24 bits per heavy atom. The molecule has 0 spiro atoms. The first-order valence-corrected chi connectivity index (χ1v) is 7.69. The molecule has 1 fully saturated rings. The molecule has 2 aromatic rings. The SMILES string of the molecule is CCNC(CC1CCCO1)c1cnnn1-c1ccccc1. The van der Waals surface area contributed by atoms with Crippen LogP contribution in [0, 0.1) is 0 Å². The van der Waals surface area contributed by atoms with E-state index in [-0.39, 0.29) is 6.04 Å². The fourth-order valence-corrected chi connectivity index (χ4v) is 2.90. The quantitative estimate of drug-likeness (QED) is 0.886. The zero-order valence-corrected chi connectivity index (χ0v) is 12.4. The van der Waals surface area contributed by atoms with Crippen molar-refractivity contribution in [1.29, 1.82) is 0 Å². The minimum Gasteiger partial charge on any atom is -0.378 e. The molecular formula is C16H22N4O. The van der Waals surface area contributed by atoms with E-state index in [9.17, 15) is 0 Å². The molecule has 5 heteroatoms. The van der Waals surface area contributed by atoms with Crippen molar-refractivity contribution < 1.29 is 4.74 Å². The number of hydrogen-bond acceptors (Lipinski definition) is 4. The topological polar surface area (TPSA) is 52.0 Å². The minimum absolute atomic E-state index is 0.216. The lowest BCUT2D eigenvalue weighted by Crippen LogP contribution is -2.27. The molecular weight excluding hydrogens is 264 g/mol. The maximum absolute atomic E-state index is 5.78. The summed E-state index contributed by atoms with van der Waals surface area (Å²) in [6.45, 7) is 3.93. The number of nitrogens with one attached hydrogen (secondary N) is 1. The maximum Gasteiger partial charge on any atom is 0.0816 e. The standard InChI is InChI=1S/C16H22N4O/c1-2-17-15(11-14-9-6-10-21-14)16-12-18-19-20(16)13-7-4-3-5-8-13/h3-5,7-8,12,14-15,17H,2,6,9-11H2,1H3. The summed E-state index contributed by atoms with van der Waals surface area (Å²) >= 11 is 0. The van der Waals surface area contributed by atoms with E-state index in [1.54, 1.807) is 0 Å². The van der Waals surface area contributed by atoms with Gasteiger partial charge in [0.2, 0.25) is 0 Å². The van der Waals surface area contributed by atoms with Crippen LogP contribution in [-0.4, -0.2) is 34.2 Å². The number of benzene rings is 1. The molecule has 0 aliphatic carbocycles. The van der Waals surface area contributed by atoms with Crippen molar-refractivity contribution in [1.82, 2.24) is 20.3 Å². The molecule has 2 atom stereocenters. The summed E-state index contributed by atoms with van der Waals surface area (Å²) in [5.74, 6) is 0. The third-order valence-corrected chi connectivity index (χ3v) is 3.91. The van der Waals surface area contributed by atoms with Crippen LogP contribution in [0.15, 0.2) is 36.5 Å². The summed E-state index contributed by atoms with van der Waals surface area (Å²) in [7, 11) is 0. The van der Waals surface area contributed by atoms with Gasteiger partial charge in [0, 0.05) is 6.61 Å². The Hall–Kier alpha value is -1.72. The number of ether oxygens (including phenoxy) is 1. The van der Waals surface area contributed by atoms with Crippen molar-refractivity contribution in [3.8, 4) is 5.69 Å². The van der Waals surface area contributed by atoms with Gasteiger partial charge in [-0.3, -0.25) is 0 Å². The second kappa shape index (κ2) is 6.83. The van der Waals surface area contributed by atoms with Crippen LogP contribution in [0.4, 0.5) is 0 Å². The monoisotopic (exact) mass is 286 g/mol. The van der Waals surface area contributed by atoms with E-state index in [0.29, 0.717) is 6.10 Å². The highest BCUT2D eigenvalue weighted by Gasteiger charge is 2.24. The molecule has 0 saturated carbocycles. The molecule has 1 N–H and O–H groups in total. The lowest BCUT2D eigenvalue weighted by molar-refractivity contribution is 0.0940. The van der Waals surface area contributed by atoms with Gasteiger partial charge in [-0.2, -0.15) is 0 Å². The molecule has 0 amide bonds. The predicted molar refractivity (Wildman–Crippen MR) is 81.4 cm³/mol. The van der Waals surface area contributed by atoms with Crippen molar-refractivity contribution >= 4 is 0 Å². The van der Waals surface area contributed by atoms with Crippen LogP contribution in [0.5, 0.6) is 0 Å². The van der Waals surface area contributed by atoms with Gasteiger partial charge in [-0.1, -0.05) is 30.3 Å². The number of para-hydroxylation sites is 1. The summed E-state index contributed by atoms with van der Waals surface area (Å²) in [5, 5.41) is 11.9. The molecule has 1 aromatic heterocycles. The van der Waals surface area contributed by atoms with Crippen LogP contribution in [0.1, 0.15) is 37.9 Å². The van der Waals surface area contributed by atoms with E-state index in [1.165, 1.54) is 6.42 Å². The Morgan fingerprint density at radius 1 is 1.38 bits per heavy atom. The van der Waals surface area contributed by atoms with Crippen LogP contribution in [-0.2, 0) is 4.74 Å². The van der Waals surface area contributed by atoms with Crippen LogP contribution in [0.3, 0.4) is 0 Å². The zero-order valence-electron chi connectivity index (χ0n) is 12.4. The maximum atomic E-state index is 5.78. The molecule has 2 heterocycles. The van der Waals surface area contributed by atoms with Crippen molar-refractivity contribution in [2.45, 2.75) is 38.3 Å². The molecule has 112 valence electrons. The second-order valence-corrected chi connectivity index (χ2v) is 5.39. The van der Waals surface area contributed by atoms with Gasteiger partial charge in [-0.05, 0) is 37.9 Å². The van der Waals surface area contributed by atoms with Crippen LogP contribution < -0.4 is 5.32 Å². The van der Waals surface area contributed by atoms with Gasteiger partial charge in [-0.15, -0.1) is 5.10 Å². The van der Waals surface area contributed by atoms with Gasteiger partial charge in [0.05, 0.1) is 29.7 Å². The summed E-state index contributed by atoms with van der Waals surface area (Å²) in [4.78, 5) is 0. The molecule has 3 rings (SSSR count). The predicted octanol–water partition coefficient (Wildman–Crippen LogP) is 2.49. The Bertz CT molecular complexity index is 548. The first-order valence-electron chi connectivity index (χ1n) is 7.69. The largest absolute Gasteiger partial charge is 0.378 e. The normalized spacial score (nSPS) is 19.8. The van der Waals surface area contributed by atoms with Gasteiger partial charge >= 0.3 is 0 Å². The van der Waals surface area contributed by atoms with Gasteiger partial charge in [-0.25, -0.2) is 4.68 Å². The Labute approximate surface area is 125 Å². The van der Waals surface area contributed by atoms with Crippen LogP contribution >= 0.6 is 0 Å². The van der Waals surface area contributed by atoms with Gasteiger partial charge in [0.15, 0.2) is 0 Å². The molecule has 5 nitrogen and oxygen atoms in total. The van der Waals surface area contributed by atoms with Gasteiger partial charge < -0.3 is 10.1 Å². The lowest BCUT2D eigenvalue weighted by atomic mass is 10.0. The molecule has 21 heavy (non-hydrogen) atoms. The highest BCUT2D eigenvalue weighted by atomic mass is 16.5. The Balaban J connectivity index is 1.84. The van der Waals surface area contributed by atoms with E-state index in [2.05, 4.69) is 22.6 Å². The Kier molecular flexibility index (Phi) is 4.62. The van der Waals surface area contributed by atoms with Crippen molar-refractivity contribution in [3.63, 3.8) is 0 Å². The van der Waals surface area contributed by atoms with E-state index in [1.807, 2.05) is 41.2 Å². The molecule has 1 aromatic carbocycles. The second-order valence-electron chi connectivity index (χ2n) is 5.39. The fraction of sp³-hybridized carbons (Fsp3) is 0.500. The summed E-state index contributed by atoms with van der Waals surface area (Å²) in [6, 6.07) is 10.4. The third-order valence-electron chi connectivity index (χ3n) is 3.91. The molecule has 0 bridgehead atoms. The summed E-state index contributed by atoms with van der Waals surface area (Å²) in [5.41, 5.74) is 2.14. The first-order chi connectivity index (χ1) is 10.4. The van der Waals surface area contributed by atoms with Crippen molar-refractivity contribution in [3.05, 3.63) is 42.2 Å². The number of aromatic nitrogens is 3. The highest BCUT2D eigenvalue weighted by Crippen LogP contribution is 2.26. The van der Waals surface area contributed by atoms with Gasteiger partial charge in [0.1, 0.15) is 0 Å². The van der Waals surface area contributed by atoms with Crippen LogP contribution in [0.2, 0.25) is 0 Å². The molecule has 1 aliphatic heterocycles. The molecule has 0 radical (unpaired) electrons. The van der Waals surface area contributed by atoms with Crippen molar-refractivity contribution in [2.75, 3.05) is 13.2 Å². The molecule has 1 aliphatic rings. The van der Waals surface area contributed by atoms with E-state index in [4.69, 9.17) is 4.74 Å². The van der Waals surface area contributed by atoms with Crippen LogP contribution in [0.25, 0.3) is 5.69 Å². The van der Waals surface area contributed by atoms with E-state index < -0.39 is 0 Å². The van der Waals surface area contributed by atoms with Crippen molar-refractivity contribution in [2.24, 2.45) is 0 Å². The number of hydrogen-bond donors (Lipinski definition) is 1. The first kappa shape index (κ1) is 14.2. The lowest BCUT2D eigenvalue weighted by Gasteiger charge is -2.21. The fourth-order valence-electron chi connectivity index (χ4n) is 2.90. The average molecular weight is 286 g/mol. The Morgan fingerprint density at radius 3 is 2.95 bits per heavy atom. The summed E-state index contributed by atoms with van der Waals surface area (Å²) in [6.07, 6.45) is 5.48. The van der Waals surface area contributed by atoms with E-state index >= 15 is 0 Å². The number of rotatable bonds is 6. The summed E-state index contributed by atoms with van der Waals surface area (Å²) < 4.78 is 7.70. The average Bonchev–Trinajstić information content (AvgIpc) is 3.19. The smallest absolute Gasteiger partial charge is 0.0816 e. The minimum atomic E-state index is 0.216.